The minimum Gasteiger partial charge on any atom is -0.484 e. The summed E-state index contributed by atoms with van der Waals surface area (Å²) in [6.07, 6.45) is 0.147. The number of amides is 2. The lowest BCUT2D eigenvalue weighted by Crippen LogP contribution is -2.37. The first-order valence-corrected chi connectivity index (χ1v) is 8.55. The number of nitrogens with one attached hydrogen (secondary N) is 2. The smallest absolute Gasteiger partial charge is 0.258 e. The molecule has 0 aromatic heterocycles. The summed E-state index contributed by atoms with van der Waals surface area (Å²) in [4.78, 5) is 23.4. The number of hydrogen-bond acceptors (Lipinski definition) is 3. The average molecular weight is 399 g/mol. The Morgan fingerprint density at radius 3 is 2.23 bits per heavy atom. The van der Waals surface area contributed by atoms with Crippen LogP contribution < -0.4 is 15.4 Å². The van der Waals surface area contributed by atoms with Gasteiger partial charge in [-0.2, -0.15) is 0 Å². The molecule has 2 rings (SSSR count). The first kappa shape index (κ1) is 20.0. The Bertz CT molecular complexity index is 770. The van der Waals surface area contributed by atoms with Crippen LogP contribution in [0.1, 0.15) is 5.56 Å². The first-order valence-electron chi connectivity index (χ1n) is 7.80. The molecule has 26 heavy (non-hydrogen) atoms. The predicted octanol–water partition coefficient (Wildman–Crippen LogP) is 2.99. The highest BCUT2D eigenvalue weighted by Gasteiger charge is 2.06. The number of hydrogen-bond donors (Lipinski definition) is 2. The van der Waals surface area contributed by atoms with Crippen molar-refractivity contribution in [1.82, 2.24) is 10.6 Å². The predicted molar refractivity (Wildman–Crippen MR) is 98.1 cm³/mol. The Morgan fingerprint density at radius 1 is 0.923 bits per heavy atom. The van der Waals surface area contributed by atoms with Crippen molar-refractivity contribution in [3.8, 4) is 5.75 Å². The number of halogens is 3. The maximum atomic E-state index is 12.8. The van der Waals surface area contributed by atoms with Gasteiger partial charge in [-0.1, -0.05) is 35.3 Å². The van der Waals surface area contributed by atoms with Crippen LogP contribution in [0.5, 0.6) is 5.75 Å². The molecule has 138 valence electrons. The van der Waals surface area contributed by atoms with Gasteiger partial charge in [0.2, 0.25) is 5.91 Å². The molecule has 8 heteroatoms. The Balaban J connectivity index is 1.61. The Morgan fingerprint density at radius 2 is 1.58 bits per heavy atom. The normalized spacial score (nSPS) is 10.3. The van der Waals surface area contributed by atoms with E-state index in [0.29, 0.717) is 21.4 Å². The molecule has 0 atom stereocenters. The molecule has 2 N–H and O–H groups in total. The molecule has 0 aliphatic carbocycles. The van der Waals surface area contributed by atoms with E-state index in [9.17, 15) is 14.0 Å². The van der Waals surface area contributed by atoms with Gasteiger partial charge in [0.25, 0.3) is 5.91 Å². The van der Waals surface area contributed by atoms with E-state index in [1.807, 2.05) is 0 Å². The summed E-state index contributed by atoms with van der Waals surface area (Å²) in [5, 5.41) is 6.03. The second-order valence-electron chi connectivity index (χ2n) is 5.37. The number of rotatable bonds is 8. The van der Waals surface area contributed by atoms with E-state index in [-0.39, 0.29) is 43.7 Å². The molecule has 0 saturated heterocycles. The number of carbonyl (C=O) groups excluding carboxylic acids is 2. The molecule has 0 aliphatic rings. The van der Waals surface area contributed by atoms with Crippen LogP contribution in [-0.4, -0.2) is 31.5 Å². The number of benzene rings is 2. The van der Waals surface area contributed by atoms with Gasteiger partial charge < -0.3 is 15.4 Å². The van der Waals surface area contributed by atoms with Gasteiger partial charge in [0.1, 0.15) is 11.6 Å². The van der Waals surface area contributed by atoms with E-state index in [2.05, 4.69) is 10.6 Å². The quantitative estimate of drug-likeness (QED) is 0.671. The van der Waals surface area contributed by atoms with Gasteiger partial charge in [-0.15, -0.1) is 0 Å². The molecular weight excluding hydrogens is 382 g/mol. The summed E-state index contributed by atoms with van der Waals surface area (Å²) >= 11 is 11.6. The molecule has 2 aromatic rings. The van der Waals surface area contributed by atoms with Gasteiger partial charge in [-0.05, 0) is 29.8 Å². The SMILES string of the molecule is O=C(COc1ccc(Cl)c(Cl)c1)NCCNC(=O)Cc1ccc(F)cc1. The summed E-state index contributed by atoms with van der Waals surface area (Å²) in [5.41, 5.74) is 0.711. The molecule has 0 unspecified atom stereocenters. The fourth-order valence-electron chi connectivity index (χ4n) is 2.02. The van der Waals surface area contributed by atoms with Crippen molar-refractivity contribution in [2.45, 2.75) is 6.42 Å². The van der Waals surface area contributed by atoms with Gasteiger partial charge in [0, 0.05) is 19.2 Å². The average Bonchev–Trinajstić information content (AvgIpc) is 2.62. The molecular formula is C18H17Cl2FN2O3. The van der Waals surface area contributed by atoms with Crippen LogP contribution in [0.4, 0.5) is 4.39 Å². The lowest BCUT2D eigenvalue weighted by molar-refractivity contribution is -0.124. The molecule has 0 bridgehead atoms. The van der Waals surface area contributed by atoms with Crippen LogP contribution in [0.2, 0.25) is 10.0 Å². The molecule has 0 fully saturated rings. The van der Waals surface area contributed by atoms with Crippen molar-refractivity contribution in [2.24, 2.45) is 0 Å². The summed E-state index contributed by atoms with van der Waals surface area (Å²) < 4.78 is 18.1. The third-order valence-electron chi connectivity index (χ3n) is 3.31. The molecule has 2 aromatic carbocycles. The lowest BCUT2D eigenvalue weighted by Gasteiger charge is -2.09. The van der Waals surface area contributed by atoms with E-state index in [0.717, 1.165) is 0 Å². The fourth-order valence-corrected chi connectivity index (χ4v) is 2.31. The zero-order valence-corrected chi connectivity index (χ0v) is 15.2. The standard InChI is InChI=1S/C18H17Cl2FN2O3/c19-15-6-5-14(10-16(15)20)26-11-18(25)23-8-7-22-17(24)9-12-1-3-13(21)4-2-12/h1-6,10H,7-9,11H2,(H,22,24)(H,23,25). The van der Waals surface area contributed by atoms with Crippen LogP contribution in [0.25, 0.3) is 0 Å². The summed E-state index contributed by atoms with van der Waals surface area (Å²) in [5.74, 6) is -0.455. The van der Waals surface area contributed by atoms with Crippen LogP contribution in [0, 0.1) is 5.82 Å². The molecule has 5 nitrogen and oxygen atoms in total. The monoisotopic (exact) mass is 398 g/mol. The maximum Gasteiger partial charge on any atom is 0.258 e. The number of ether oxygens (including phenoxy) is 1. The minimum atomic E-state index is -0.347. The highest BCUT2D eigenvalue weighted by molar-refractivity contribution is 6.42. The first-order chi connectivity index (χ1) is 12.4. The fraction of sp³-hybridized carbons (Fsp3) is 0.222. The van der Waals surface area contributed by atoms with E-state index < -0.39 is 0 Å². The van der Waals surface area contributed by atoms with Crippen molar-refractivity contribution in [3.63, 3.8) is 0 Å². The summed E-state index contributed by atoms with van der Waals surface area (Å²) in [6, 6.07) is 10.4. The van der Waals surface area contributed by atoms with Gasteiger partial charge in [0.05, 0.1) is 16.5 Å². The van der Waals surface area contributed by atoms with Crippen molar-refractivity contribution in [2.75, 3.05) is 19.7 Å². The molecule has 0 heterocycles. The van der Waals surface area contributed by atoms with Crippen molar-refractivity contribution in [3.05, 3.63) is 63.9 Å². The molecule has 0 spiro atoms. The van der Waals surface area contributed by atoms with E-state index in [1.165, 1.54) is 18.2 Å². The largest absolute Gasteiger partial charge is 0.484 e. The van der Waals surface area contributed by atoms with Gasteiger partial charge >= 0.3 is 0 Å². The van der Waals surface area contributed by atoms with Crippen molar-refractivity contribution >= 4 is 35.0 Å². The zero-order chi connectivity index (χ0) is 18.9. The highest BCUT2D eigenvalue weighted by atomic mass is 35.5. The van der Waals surface area contributed by atoms with Gasteiger partial charge in [-0.25, -0.2) is 4.39 Å². The van der Waals surface area contributed by atoms with Crippen LogP contribution in [0.3, 0.4) is 0 Å². The second-order valence-corrected chi connectivity index (χ2v) is 6.18. The molecule has 0 radical (unpaired) electrons. The topological polar surface area (TPSA) is 67.4 Å². The maximum absolute atomic E-state index is 12.8. The van der Waals surface area contributed by atoms with E-state index in [4.69, 9.17) is 27.9 Å². The highest BCUT2D eigenvalue weighted by Crippen LogP contribution is 2.26. The van der Waals surface area contributed by atoms with Crippen LogP contribution >= 0.6 is 23.2 Å². The summed E-state index contributed by atoms with van der Waals surface area (Å²) in [6.45, 7) is 0.360. The third kappa shape index (κ3) is 6.90. The van der Waals surface area contributed by atoms with Crippen LogP contribution in [-0.2, 0) is 16.0 Å². The Hall–Kier alpha value is -2.31. The van der Waals surface area contributed by atoms with Crippen LogP contribution in [0.15, 0.2) is 42.5 Å². The van der Waals surface area contributed by atoms with Gasteiger partial charge in [0.15, 0.2) is 6.61 Å². The number of carbonyl (C=O) groups is 2. The van der Waals surface area contributed by atoms with Gasteiger partial charge in [-0.3, -0.25) is 9.59 Å². The Labute approximate surface area is 160 Å². The van der Waals surface area contributed by atoms with Crippen molar-refractivity contribution in [1.29, 1.82) is 0 Å². The van der Waals surface area contributed by atoms with E-state index >= 15 is 0 Å². The molecule has 0 saturated carbocycles. The molecule has 2 amide bonds. The third-order valence-corrected chi connectivity index (χ3v) is 4.05. The molecule has 0 aliphatic heterocycles. The lowest BCUT2D eigenvalue weighted by atomic mass is 10.1. The second kappa shape index (κ2) is 9.99. The van der Waals surface area contributed by atoms with Crippen molar-refractivity contribution < 1.29 is 18.7 Å². The Kier molecular flexibility index (Phi) is 7.69. The zero-order valence-electron chi connectivity index (χ0n) is 13.7. The van der Waals surface area contributed by atoms with E-state index in [1.54, 1.807) is 24.3 Å². The summed E-state index contributed by atoms with van der Waals surface area (Å²) in [7, 11) is 0. The minimum absolute atomic E-state index is 0.147.